The maximum Gasteiger partial charge on any atom is 0.194 e. The standard InChI is InChI=1S/C19H36N6.HI/c1-6-20-19(24(5)16-18-8-7-9-23(18)4)21-14-17(2)15-25-12-10-22(3)11-13-25;/h7-9,17H,6,10-16H2,1-5H3,(H,20,21);1H. The number of rotatable bonds is 7. The Labute approximate surface area is 176 Å². The molecule has 2 heterocycles. The van der Waals surface area contributed by atoms with Crippen LogP contribution in [0.4, 0.5) is 0 Å². The van der Waals surface area contributed by atoms with Crippen molar-refractivity contribution in [3.05, 3.63) is 24.0 Å². The lowest BCUT2D eigenvalue weighted by molar-refractivity contribution is 0.140. The van der Waals surface area contributed by atoms with Crippen LogP contribution in [0, 0.1) is 5.92 Å². The van der Waals surface area contributed by atoms with E-state index >= 15 is 0 Å². The fraction of sp³-hybridized carbons (Fsp3) is 0.737. The van der Waals surface area contributed by atoms with E-state index in [1.807, 2.05) is 0 Å². The van der Waals surface area contributed by atoms with Gasteiger partial charge in [0.05, 0.1) is 6.54 Å². The lowest BCUT2D eigenvalue weighted by Crippen LogP contribution is -2.46. The van der Waals surface area contributed by atoms with Crippen molar-refractivity contribution in [2.45, 2.75) is 20.4 Å². The molecule has 1 aliphatic rings. The molecule has 2 rings (SSSR count). The molecule has 0 spiro atoms. The van der Waals surface area contributed by atoms with Gasteiger partial charge in [0.15, 0.2) is 5.96 Å². The largest absolute Gasteiger partial charge is 0.357 e. The van der Waals surface area contributed by atoms with E-state index in [1.165, 1.54) is 31.9 Å². The van der Waals surface area contributed by atoms with Gasteiger partial charge in [-0.3, -0.25) is 4.99 Å². The molecular weight excluding hydrogens is 439 g/mol. The average molecular weight is 476 g/mol. The van der Waals surface area contributed by atoms with E-state index in [1.54, 1.807) is 0 Å². The molecule has 1 atom stereocenters. The number of aromatic nitrogens is 1. The molecule has 1 saturated heterocycles. The van der Waals surface area contributed by atoms with Gasteiger partial charge < -0.3 is 24.6 Å². The van der Waals surface area contributed by atoms with Crippen LogP contribution in [-0.4, -0.2) is 85.1 Å². The van der Waals surface area contributed by atoms with Crippen molar-refractivity contribution in [1.82, 2.24) is 24.6 Å². The minimum Gasteiger partial charge on any atom is -0.357 e. The average Bonchev–Trinajstić information content (AvgIpc) is 2.98. The van der Waals surface area contributed by atoms with Crippen molar-refractivity contribution in [3.63, 3.8) is 0 Å². The minimum atomic E-state index is 0. The molecule has 0 saturated carbocycles. The highest BCUT2D eigenvalue weighted by atomic mass is 127. The minimum absolute atomic E-state index is 0. The van der Waals surface area contributed by atoms with Crippen molar-refractivity contribution in [1.29, 1.82) is 0 Å². The Morgan fingerprint density at radius 3 is 2.54 bits per heavy atom. The number of aliphatic imine (C=N–C) groups is 1. The molecule has 1 N–H and O–H groups in total. The zero-order valence-electron chi connectivity index (χ0n) is 17.1. The first kappa shape index (κ1) is 23.2. The van der Waals surface area contributed by atoms with Gasteiger partial charge >= 0.3 is 0 Å². The smallest absolute Gasteiger partial charge is 0.194 e. The summed E-state index contributed by atoms with van der Waals surface area (Å²) in [6, 6.07) is 4.25. The number of hydrogen-bond acceptors (Lipinski definition) is 3. The number of piperazine rings is 1. The molecule has 1 fully saturated rings. The highest BCUT2D eigenvalue weighted by Crippen LogP contribution is 2.07. The third kappa shape index (κ3) is 7.44. The fourth-order valence-corrected chi connectivity index (χ4v) is 3.22. The Bertz CT molecular complexity index is 536. The number of halogens is 1. The molecule has 1 unspecified atom stereocenters. The van der Waals surface area contributed by atoms with Crippen molar-refractivity contribution < 1.29 is 0 Å². The van der Waals surface area contributed by atoms with Gasteiger partial charge in [-0.25, -0.2) is 0 Å². The molecule has 1 aromatic heterocycles. The van der Waals surface area contributed by atoms with Crippen molar-refractivity contribution >= 4 is 29.9 Å². The van der Waals surface area contributed by atoms with Crippen molar-refractivity contribution in [2.75, 3.05) is 59.9 Å². The second kappa shape index (κ2) is 11.8. The molecule has 0 amide bonds. The predicted octanol–water partition coefficient (Wildman–Crippen LogP) is 1.92. The zero-order chi connectivity index (χ0) is 18.2. The fourth-order valence-electron chi connectivity index (χ4n) is 3.22. The van der Waals surface area contributed by atoms with Gasteiger partial charge in [-0.05, 0) is 32.0 Å². The summed E-state index contributed by atoms with van der Waals surface area (Å²) < 4.78 is 2.16. The molecule has 0 bridgehead atoms. The maximum absolute atomic E-state index is 4.89. The van der Waals surface area contributed by atoms with Gasteiger partial charge in [0.2, 0.25) is 0 Å². The summed E-state index contributed by atoms with van der Waals surface area (Å²) in [5.41, 5.74) is 1.29. The van der Waals surface area contributed by atoms with Crippen molar-refractivity contribution in [2.24, 2.45) is 18.0 Å². The van der Waals surface area contributed by atoms with Crippen LogP contribution in [0.25, 0.3) is 0 Å². The first-order valence-electron chi connectivity index (χ1n) is 9.50. The van der Waals surface area contributed by atoms with E-state index < -0.39 is 0 Å². The van der Waals surface area contributed by atoms with Gasteiger partial charge in [-0.1, -0.05) is 6.92 Å². The molecule has 26 heavy (non-hydrogen) atoms. The number of aryl methyl sites for hydroxylation is 1. The summed E-state index contributed by atoms with van der Waals surface area (Å²) in [5.74, 6) is 1.56. The summed E-state index contributed by atoms with van der Waals surface area (Å²) in [7, 11) is 6.40. The van der Waals surface area contributed by atoms with Crippen LogP contribution in [0.3, 0.4) is 0 Å². The Hall–Kier alpha value is -0.800. The highest BCUT2D eigenvalue weighted by Gasteiger charge is 2.16. The van der Waals surface area contributed by atoms with E-state index in [-0.39, 0.29) is 24.0 Å². The maximum atomic E-state index is 4.89. The van der Waals surface area contributed by atoms with Gasteiger partial charge in [0.25, 0.3) is 0 Å². The second-order valence-electron chi connectivity index (χ2n) is 7.37. The van der Waals surface area contributed by atoms with E-state index in [9.17, 15) is 0 Å². The zero-order valence-corrected chi connectivity index (χ0v) is 19.4. The normalized spacial score (nSPS) is 17.7. The number of nitrogens with zero attached hydrogens (tertiary/aromatic N) is 5. The third-order valence-electron chi connectivity index (χ3n) is 4.87. The quantitative estimate of drug-likeness (QED) is 0.371. The Morgan fingerprint density at radius 1 is 1.27 bits per heavy atom. The van der Waals surface area contributed by atoms with E-state index in [0.29, 0.717) is 5.92 Å². The summed E-state index contributed by atoms with van der Waals surface area (Å²) in [6.45, 7) is 12.9. The topological polar surface area (TPSA) is 39.0 Å². The van der Waals surface area contributed by atoms with Crippen LogP contribution >= 0.6 is 24.0 Å². The molecule has 0 aromatic carbocycles. The van der Waals surface area contributed by atoms with Crippen LogP contribution in [0.5, 0.6) is 0 Å². The van der Waals surface area contributed by atoms with E-state index in [0.717, 1.165) is 32.1 Å². The summed E-state index contributed by atoms with van der Waals surface area (Å²) in [6.07, 6.45) is 2.09. The van der Waals surface area contributed by atoms with Crippen LogP contribution in [0.1, 0.15) is 19.5 Å². The molecular formula is C19H37IN6. The predicted molar refractivity (Wildman–Crippen MR) is 121 cm³/mol. The monoisotopic (exact) mass is 476 g/mol. The molecule has 7 heteroatoms. The summed E-state index contributed by atoms with van der Waals surface area (Å²) >= 11 is 0. The summed E-state index contributed by atoms with van der Waals surface area (Å²) in [5, 5.41) is 3.43. The van der Waals surface area contributed by atoms with Crippen LogP contribution in [0.2, 0.25) is 0 Å². The van der Waals surface area contributed by atoms with E-state index in [4.69, 9.17) is 4.99 Å². The summed E-state index contributed by atoms with van der Waals surface area (Å²) in [4.78, 5) is 12.1. The van der Waals surface area contributed by atoms with Gasteiger partial charge in [0.1, 0.15) is 0 Å². The number of guanidine groups is 1. The number of likely N-dealkylation sites (N-methyl/N-ethyl adjacent to an activating group) is 1. The molecule has 0 radical (unpaired) electrons. The SMILES string of the molecule is CCNC(=NCC(C)CN1CCN(C)CC1)N(C)Cc1cccn1C.I. The first-order valence-corrected chi connectivity index (χ1v) is 9.50. The highest BCUT2D eigenvalue weighted by molar-refractivity contribution is 14.0. The lowest BCUT2D eigenvalue weighted by Gasteiger charge is -2.33. The number of hydrogen-bond donors (Lipinski definition) is 1. The molecule has 0 aliphatic carbocycles. The second-order valence-corrected chi connectivity index (χ2v) is 7.37. The molecule has 6 nitrogen and oxygen atoms in total. The van der Waals surface area contributed by atoms with E-state index in [2.05, 4.69) is 77.9 Å². The van der Waals surface area contributed by atoms with Crippen LogP contribution in [0.15, 0.2) is 23.3 Å². The third-order valence-corrected chi connectivity index (χ3v) is 4.87. The Balaban J connectivity index is 0.00000338. The molecule has 150 valence electrons. The van der Waals surface area contributed by atoms with Gasteiger partial charge in [-0.15, -0.1) is 24.0 Å². The Kier molecular flexibility index (Phi) is 10.6. The molecule has 1 aromatic rings. The molecule has 1 aliphatic heterocycles. The van der Waals surface area contributed by atoms with Crippen molar-refractivity contribution in [3.8, 4) is 0 Å². The van der Waals surface area contributed by atoms with Gasteiger partial charge in [-0.2, -0.15) is 0 Å². The van der Waals surface area contributed by atoms with Gasteiger partial charge in [0, 0.05) is 71.8 Å². The first-order chi connectivity index (χ1) is 12.0. The van der Waals surface area contributed by atoms with Crippen LogP contribution in [-0.2, 0) is 13.6 Å². The number of nitrogens with one attached hydrogen (secondary N) is 1. The lowest BCUT2D eigenvalue weighted by atomic mass is 10.1. The Morgan fingerprint density at radius 2 is 1.96 bits per heavy atom. The van der Waals surface area contributed by atoms with Crippen LogP contribution < -0.4 is 5.32 Å².